The van der Waals surface area contributed by atoms with Crippen LogP contribution in [0, 0.1) is 11.8 Å². The van der Waals surface area contributed by atoms with Crippen molar-refractivity contribution in [2.45, 2.75) is 32.1 Å². The highest BCUT2D eigenvalue weighted by molar-refractivity contribution is 6.06. The monoisotopic (exact) mass is 266 g/mol. The molecular weight excluding hydrogens is 252 g/mol. The van der Waals surface area contributed by atoms with Crippen LogP contribution >= 0.6 is 0 Å². The Balaban J connectivity index is 1.74. The van der Waals surface area contributed by atoms with E-state index in [2.05, 4.69) is 5.32 Å². The normalized spacial score (nSPS) is 35.2. The van der Waals surface area contributed by atoms with Gasteiger partial charge in [0.1, 0.15) is 0 Å². The number of carbonyl (C=O) groups excluding carboxylic acids is 3. The van der Waals surface area contributed by atoms with Crippen LogP contribution in [0.25, 0.3) is 0 Å². The van der Waals surface area contributed by atoms with E-state index in [1.165, 1.54) is 0 Å². The molecule has 2 bridgehead atoms. The molecule has 3 amide bonds. The lowest BCUT2D eigenvalue weighted by Gasteiger charge is -2.17. The average Bonchev–Trinajstić information content (AvgIpc) is 2.97. The molecule has 0 aliphatic carbocycles. The van der Waals surface area contributed by atoms with E-state index in [-0.39, 0.29) is 18.2 Å². The summed E-state index contributed by atoms with van der Waals surface area (Å²) in [6.07, 6.45) is 1.97. The first-order valence-corrected chi connectivity index (χ1v) is 6.19. The second kappa shape index (κ2) is 4.06. The summed E-state index contributed by atoms with van der Waals surface area (Å²) in [5, 5.41) is 3.03. The molecule has 0 aromatic carbocycles. The van der Waals surface area contributed by atoms with E-state index in [0.29, 0.717) is 5.06 Å². The van der Waals surface area contributed by atoms with Crippen molar-refractivity contribution in [3.63, 3.8) is 0 Å². The standard InChI is InChI=1S/C12H14N2O5/c1-5(2)13-12(17)19-14-10(15)8-6-3-4-7(18-6)9(8)11(14)16/h3-9H,1-2H3,(H,13,17)/t6-,7+,8-,9+. The Bertz CT molecular complexity index is 457. The molecule has 0 aromatic rings. The number of carbonyl (C=O) groups is 3. The number of imide groups is 1. The number of amides is 3. The van der Waals surface area contributed by atoms with Crippen molar-refractivity contribution in [1.82, 2.24) is 10.4 Å². The van der Waals surface area contributed by atoms with E-state index in [1.807, 2.05) is 0 Å². The van der Waals surface area contributed by atoms with Crippen molar-refractivity contribution in [2.75, 3.05) is 0 Å². The quantitative estimate of drug-likeness (QED) is 0.560. The first-order chi connectivity index (χ1) is 8.99. The minimum Gasteiger partial charge on any atom is -0.365 e. The molecule has 102 valence electrons. The molecule has 19 heavy (non-hydrogen) atoms. The molecule has 7 nitrogen and oxygen atoms in total. The minimum atomic E-state index is -0.808. The number of fused-ring (bicyclic) bond motifs is 5. The molecule has 4 atom stereocenters. The smallest absolute Gasteiger partial charge is 0.365 e. The number of nitrogens with zero attached hydrogens (tertiary/aromatic N) is 1. The van der Waals surface area contributed by atoms with Crippen LogP contribution in [-0.4, -0.2) is 41.2 Å². The minimum absolute atomic E-state index is 0.138. The molecule has 2 saturated heterocycles. The van der Waals surface area contributed by atoms with Gasteiger partial charge in [-0.05, 0) is 13.8 Å². The Labute approximate surface area is 109 Å². The maximum Gasteiger partial charge on any atom is 0.432 e. The molecule has 0 unspecified atom stereocenters. The van der Waals surface area contributed by atoms with Crippen LogP contribution in [0.1, 0.15) is 13.8 Å². The lowest BCUT2D eigenvalue weighted by atomic mass is 9.85. The number of hydrogen-bond donors (Lipinski definition) is 1. The molecule has 7 heteroatoms. The molecular formula is C12H14N2O5. The second-order valence-electron chi connectivity index (χ2n) is 5.15. The van der Waals surface area contributed by atoms with Crippen molar-refractivity contribution in [3.05, 3.63) is 12.2 Å². The maximum atomic E-state index is 12.1. The highest BCUT2D eigenvalue weighted by Crippen LogP contribution is 2.45. The maximum absolute atomic E-state index is 12.1. The van der Waals surface area contributed by atoms with Gasteiger partial charge in [-0.25, -0.2) is 4.79 Å². The van der Waals surface area contributed by atoms with Crippen molar-refractivity contribution in [3.8, 4) is 0 Å². The zero-order chi connectivity index (χ0) is 13.7. The fraction of sp³-hybridized carbons (Fsp3) is 0.583. The highest BCUT2D eigenvalue weighted by Gasteiger charge is 2.62. The Morgan fingerprint density at radius 2 is 1.79 bits per heavy atom. The van der Waals surface area contributed by atoms with Crippen LogP contribution in [-0.2, 0) is 19.2 Å². The zero-order valence-corrected chi connectivity index (χ0v) is 10.5. The summed E-state index contributed by atoms with van der Waals surface area (Å²) in [4.78, 5) is 40.5. The van der Waals surface area contributed by atoms with Crippen LogP contribution in [0.2, 0.25) is 0 Å². The van der Waals surface area contributed by atoms with Gasteiger partial charge in [-0.1, -0.05) is 12.2 Å². The van der Waals surface area contributed by atoms with Gasteiger partial charge < -0.3 is 14.9 Å². The molecule has 3 aliphatic rings. The summed E-state index contributed by atoms with van der Waals surface area (Å²) < 4.78 is 5.46. The van der Waals surface area contributed by atoms with Crippen LogP contribution in [0.3, 0.4) is 0 Å². The topological polar surface area (TPSA) is 84.9 Å². The Hall–Kier alpha value is -1.89. The molecule has 3 heterocycles. The predicted molar refractivity (Wildman–Crippen MR) is 61.4 cm³/mol. The average molecular weight is 266 g/mol. The zero-order valence-electron chi connectivity index (χ0n) is 10.5. The highest BCUT2D eigenvalue weighted by atomic mass is 16.7. The second-order valence-corrected chi connectivity index (χ2v) is 5.15. The first kappa shape index (κ1) is 12.2. The Morgan fingerprint density at radius 3 is 2.26 bits per heavy atom. The molecule has 3 aliphatic heterocycles. The summed E-state index contributed by atoms with van der Waals surface area (Å²) in [6, 6.07) is -0.138. The molecule has 1 N–H and O–H groups in total. The molecule has 0 radical (unpaired) electrons. The SMILES string of the molecule is CC(C)NC(=O)ON1C(=O)[C@@H]2[C@H](C1=O)[C@H]1C=C[C@@H]2O1. The third-order valence-corrected chi connectivity index (χ3v) is 3.45. The van der Waals surface area contributed by atoms with Gasteiger partial charge in [0.05, 0.1) is 24.0 Å². The van der Waals surface area contributed by atoms with E-state index < -0.39 is 29.7 Å². The van der Waals surface area contributed by atoms with E-state index in [1.54, 1.807) is 26.0 Å². The Morgan fingerprint density at radius 1 is 1.26 bits per heavy atom. The third kappa shape index (κ3) is 1.73. The van der Waals surface area contributed by atoms with E-state index >= 15 is 0 Å². The lowest BCUT2D eigenvalue weighted by molar-refractivity contribution is -0.176. The van der Waals surface area contributed by atoms with Gasteiger partial charge in [-0.3, -0.25) is 9.59 Å². The van der Waals surface area contributed by atoms with Crippen LogP contribution in [0.15, 0.2) is 12.2 Å². The van der Waals surface area contributed by atoms with Crippen LogP contribution in [0.4, 0.5) is 4.79 Å². The van der Waals surface area contributed by atoms with Crippen LogP contribution in [0.5, 0.6) is 0 Å². The van der Waals surface area contributed by atoms with Gasteiger partial charge in [-0.15, -0.1) is 5.06 Å². The van der Waals surface area contributed by atoms with E-state index in [0.717, 1.165) is 0 Å². The molecule has 0 aromatic heterocycles. The van der Waals surface area contributed by atoms with Crippen LogP contribution < -0.4 is 5.32 Å². The fourth-order valence-electron chi connectivity index (χ4n) is 2.71. The number of ether oxygens (including phenoxy) is 1. The molecule has 2 fully saturated rings. The number of nitrogens with one attached hydrogen (secondary N) is 1. The predicted octanol–water partition coefficient (Wildman–Crippen LogP) is -0.0256. The summed E-state index contributed by atoms with van der Waals surface area (Å²) in [5.74, 6) is -2.14. The molecule has 0 spiro atoms. The van der Waals surface area contributed by atoms with Crippen molar-refractivity contribution in [2.24, 2.45) is 11.8 Å². The third-order valence-electron chi connectivity index (χ3n) is 3.45. The summed E-state index contributed by atoms with van der Waals surface area (Å²) in [7, 11) is 0. The van der Waals surface area contributed by atoms with Gasteiger partial charge in [0.15, 0.2) is 0 Å². The van der Waals surface area contributed by atoms with E-state index in [4.69, 9.17) is 9.57 Å². The first-order valence-electron chi connectivity index (χ1n) is 6.19. The number of hydrogen-bond acceptors (Lipinski definition) is 5. The van der Waals surface area contributed by atoms with Crippen molar-refractivity contribution < 1.29 is 24.0 Å². The molecule has 3 rings (SSSR count). The van der Waals surface area contributed by atoms with Gasteiger partial charge in [0.2, 0.25) is 0 Å². The largest absolute Gasteiger partial charge is 0.432 e. The number of hydroxylamine groups is 2. The van der Waals surface area contributed by atoms with Crippen molar-refractivity contribution in [1.29, 1.82) is 0 Å². The van der Waals surface area contributed by atoms with E-state index in [9.17, 15) is 14.4 Å². The fourth-order valence-corrected chi connectivity index (χ4v) is 2.71. The Kier molecular flexibility index (Phi) is 2.60. The van der Waals surface area contributed by atoms with Crippen molar-refractivity contribution >= 4 is 17.9 Å². The summed E-state index contributed by atoms with van der Waals surface area (Å²) in [6.45, 7) is 3.50. The van der Waals surface area contributed by atoms with Gasteiger partial charge >= 0.3 is 6.09 Å². The van der Waals surface area contributed by atoms with Gasteiger partial charge in [-0.2, -0.15) is 0 Å². The van der Waals surface area contributed by atoms with Gasteiger partial charge in [0.25, 0.3) is 11.8 Å². The van der Waals surface area contributed by atoms with Gasteiger partial charge in [0, 0.05) is 6.04 Å². The summed E-state index contributed by atoms with van der Waals surface area (Å²) >= 11 is 0. The molecule has 0 saturated carbocycles. The lowest BCUT2D eigenvalue weighted by Crippen LogP contribution is -2.41. The summed E-state index contributed by atoms with van der Waals surface area (Å²) in [5.41, 5.74) is 0. The number of rotatable bonds is 2.